The van der Waals surface area contributed by atoms with E-state index in [9.17, 15) is 0 Å². The zero-order valence-corrected chi connectivity index (χ0v) is 13.4. The van der Waals surface area contributed by atoms with E-state index in [2.05, 4.69) is 51.8 Å². The Kier molecular flexibility index (Phi) is 6.65. The lowest BCUT2D eigenvalue weighted by Gasteiger charge is -2.41. The topological polar surface area (TPSA) is 15.3 Å². The molecule has 0 spiro atoms. The van der Waals surface area contributed by atoms with Gasteiger partial charge in [0.15, 0.2) is 0 Å². The lowest BCUT2D eigenvalue weighted by Crippen LogP contribution is -2.50. The average Bonchev–Trinajstić information content (AvgIpc) is 2.29. The van der Waals surface area contributed by atoms with Gasteiger partial charge in [0.2, 0.25) is 0 Å². The molecule has 1 fully saturated rings. The van der Waals surface area contributed by atoms with Gasteiger partial charge in [-0.1, -0.05) is 41.5 Å². The third-order valence-corrected chi connectivity index (χ3v) is 4.49. The standard InChI is InChI=1S/C16H34N2/c1-12(2)15-7-9-18(10-8-15)16(13(3)4)11-17-14(5)6/h12-17H,7-11H2,1-6H3. The summed E-state index contributed by atoms with van der Waals surface area (Å²) < 4.78 is 0. The van der Waals surface area contributed by atoms with Gasteiger partial charge in [0.05, 0.1) is 0 Å². The summed E-state index contributed by atoms with van der Waals surface area (Å²) in [5, 5.41) is 3.62. The quantitative estimate of drug-likeness (QED) is 0.782. The second-order valence-electron chi connectivity index (χ2n) is 6.99. The summed E-state index contributed by atoms with van der Waals surface area (Å²) in [4.78, 5) is 2.72. The zero-order valence-electron chi connectivity index (χ0n) is 13.4. The highest BCUT2D eigenvalue weighted by Crippen LogP contribution is 2.26. The van der Waals surface area contributed by atoms with E-state index >= 15 is 0 Å². The number of piperidine rings is 1. The Bertz CT molecular complexity index is 215. The molecule has 0 aromatic carbocycles. The normalized spacial score (nSPS) is 21.2. The number of nitrogens with one attached hydrogen (secondary N) is 1. The van der Waals surface area contributed by atoms with Gasteiger partial charge in [0.25, 0.3) is 0 Å². The fourth-order valence-corrected chi connectivity index (χ4v) is 3.06. The molecule has 1 rings (SSSR count). The monoisotopic (exact) mass is 254 g/mol. The predicted molar refractivity (Wildman–Crippen MR) is 80.9 cm³/mol. The molecule has 1 N–H and O–H groups in total. The van der Waals surface area contributed by atoms with Crippen molar-refractivity contribution in [1.82, 2.24) is 10.2 Å². The van der Waals surface area contributed by atoms with Crippen LogP contribution in [0.15, 0.2) is 0 Å². The molecule has 1 aliphatic heterocycles. The molecule has 1 unspecified atom stereocenters. The van der Waals surface area contributed by atoms with E-state index in [1.54, 1.807) is 0 Å². The van der Waals surface area contributed by atoms with Crippen LogP contribution >= 0.6 is 0 Å². The van der Waals surface area contributed by atoms with Crippen molar-refractivity contribution < 1.29 is 0 Å². The Labute approximate surface area is 115 Å². The Morgan fingerprint density at radius 1 is 1.00 bits per heavy atom. The van der Waals surface area contributed by atoms with E-state index in [4.69, 9.17) is 0 Å². The van der Waals surface area contributed by atoms with E-state index in [0.717, 1.165) is 24.3 Å². The Hall–Kier alpha value is -0.0800. The summed E-state index contributed by atoms with van der Waals surface area (Å²) in [7, 11) is 0. The Balaban J connectivity index is 2.45. The summed E-state index contributed by atoms with van der Waals surface area (Å²) in [5.41, 5.74) is 0. The van der Waals surface area contributed by atoms with E-state index in [1.807, 2.05) is 0 Å². The van der Waals surface area contributed by atoms with Crippen LogP contribution in [0.3, 0.4) is 0 Å². The second-order valence-corrected chi connectivity index (χ2v) is 6.99. The average molecular weight is 254 g/mol. The van der Waals surface area contributed by atoms with Gasteiger partial charge < -0.3 is 5.32 Å². The molecule has 0 saturated carbocycles. The molecule has 0 amide bonds. The summed E-state index contributed by atoms with van der Waals surface area (Å²) in [6, 6.07) is 1.31. The van der Waals surface area contributed by atoms with Crippen LogP contribution in [0.1, 0.15) is 54.4 Å². The molecule has 0 aromatic rings. The van der Waals surface area contributed by atoms with Gasteiger partial charge in [-0.15, -0.1) is 0 Å². The molecule has 1 saturated heterocycles. The van der Waals surface area contributed by atoms with Crippen molar-refractivity contribution in [2.45, 2.75) is 66.5 Å². The molecule has 108 valence electrons. The molecule has 0 aliphatic carbocycles. The molecule has 1 atom stereocenters. The van der Waals surface area contributed by atoms with Gasteiger partial charge in [-0.3, -0.25) is 4.90 Å². The summed E-state index contributed by atoms with van der Waals surface area (Å²) >= 11 is 0. The van der Waals surface area contributed by atoms with Gasteiger partial charge in [-0.05, 0) is 43.7 Å². The summed E-state index contributed by atoms with van der Waals surface area (Å²) in [6.45, 7) is 17.7. The van der Waals surface area contributed by atoms with Gasteiger partial charge in [0.1, 0.15) is 0 Å². The van der Waals surface area contributed by atoms with Gasteiger partial charge in [-0.25, -0.2) is 0 Å². The van der Waals surface area contributed by atoms with E-state index in [-0.39, 0.29) is 0 Å². The minimum atomic E-state index is 0.597. The highest BCUT2D eigenvalue weighted by molar-refractivity contribution is 4.83. The number of hydrogen-bond acceptors (Lipinski definition) is 2. The summed E-state index contributed by atoms with van der Waals surface area (Å²) in [6.07, 6.45) is 2.78. The fraction of sp³-hybridized carbons (Fsp3) is 1.00. The van der Waals surface area contributed by atoms with Crippen molar-refractivity contribution in [2.75, 3.05) is 19.6 Å². The third-order valence-electron chi connectivity index (χ3n) is 4.49. The maximum atomic E-state index is 3.62. The molecule has 18 heavy (non-hydrogen) atoms. The minimum absolute atomic E-state index is 0.597. The van der Waals surface area contributed by atoms with Gasteiger partial charge >= 0.3 is 0 Å². The van der Waals surface area contributed by atoms with E-state index in [0.29, 0.717) is 12.1 Å². The van der Waals surface area contributed by atoms with Crippen LogP contribution in [0.25, 0.3) is 0 Å². The van der Waals surface area contributed by atoms with Crippen LogP contribution in [-0.4, -0.2) is 36.6 Å². The maximum Gasteiger partial charge on any atom is 0.0243 e. The SMILES string of the molecule is CC(C)NCC(C(C)C)N1CCC(C(C)C)CC1. The van der Waals surface area contributed by atoms with Crippen molar-refractivity contribution in [3.05, 3.63) is 0 Å². The first-order chi connectivity index (χ1) is 8.41. The van der Waals surface area contributed by atoms with Crippen LogP contribution in [0, 0.1) is 17.8 Å². The van der Waals surface area contributed by atoms with Crippen molar-refractivity contribution >= 4 is 0 Å². The zero-order chi connectivity index (χ0) is 13.7. The molecule has 1 heterocycles. The largest absolute Gasteiger partial charge is 0.313 e. The van der Waals surface area contributed by atoms with Gasteiger partial charge in [-0.2, -0.15) is 0 Å². The number of hydrogen-bond donors (Lipinski definition) is 1. The molecular formula is C16H34N2. The molecule has 2 heteroatoms. The van der Waals surface area contributed by atoms with Crippen molar-refractivity contribution in [2.24, 2.45) is 17.8 Å². The predicted octanol–water partition coefficient (Wildman–Crippen LogP) is 3.38. The highest BCUT2D eigenvalue weighted by atomic mass is 15.2. The number of likely N-dealkylation sites (tertiary alicyclic amines) is 1. The van der Waals surface area contributed by atoms with Crippen LogP contribution in [0.2, 0.25) is 0 Å². The Morgan fingerprint density at radius 2 is 1.56 bits per heavy atom. The molecule has 0 radical (unpaired) electrons. The second kappa shape index (κ2) is 7.49. The van der Waals surface area contributed by atoms with E-state index < -0.39 is 0 Å². The summed E-state index contributed by atoms with van der Waals surface area (Å²) in [5.74, 6) is 2.55. The van der Waals surface area contributed by atoms with Crippen molar-refractivity contribution in [1.29, 1.82) is 0 Å². The molecule has 0 aromatic heterocycles. The number of nitrogens with zero attached hydrogens (tertiary/aromatic N) is 1. The van der Waals surface area contributed by atoms with E-state index in [1.165, 1.54) is 25.9 Å². The van der Waals surface area contributed by atoms with Crippen molar-refractivity contribution in [3.8, 4) is 0 Å². The van der Waals surface area contributed by atoms with Crippen LogP contribution in [0.4, 0.5) is 0 Å². The molecule has 1 aliphatic rings. The van der Waals surface area contributed by atoms with Gasteiger partial charge in [0, 0.05) is 18.6 Å². The first-order valence-electron chi connectivity index (χ1n) is 7.89. The molecule has 2 nitrogen and oxygen atoms in total. The first kappa shape index (κ1) is 16.0. The first-order valence-corrected chi connectivity index (χ1v) is 7.89. The minimum Gasteiger partial charge on any atom is -0.313 e. The molecular weight excluding hydrogens is 220 g/mol. The smallest absolute Gasteiger partial charge is 0.0243 e. The van der Waals surface area contributed by atoms with Crippen LogP contribution < -0.4 is 5.32 Å². The molecule has 0 bridgehead atoms. The lowest BCUT2D eigenvalue weighted by molar-refractivity contribution is 0.0887. The van der Waals surface area contributed by atoms with Crippen LogP contribution in [0.5, 0.6) is 0 Å². The number of rotatable bonds is 6. The fourth-order valence-electron chi connectivity index (χ4n) is 3.06. The lowest BCUT2D eigenvalue weighted by atomic mass is 9.85. The Morgan fingerprint density at radius 3 is 1.94 bits per heavy atom. The van der Waals surface area contributed by atoms with Crippen LogP contribution in [-0.2, 0) is 0 Å². The van der Waals surface area contributed by atoms with Crippen molar-refractivity contribution in [3.63, 3.8) is 0 Å². The third kappa shape index (κ3) is 4.89. The maximum absolute atomic E-state index is 3.62. The highest BCUT2D eigenvalue weighted by Gasteiger charge is 2.27.